The second-order valence-corrected chi connectivity index (χ2v) is 6.79. The summed E-state index contributed by atoms with van der Waals surface area (Å²) in [6.45, 7) is 7.85. The number of hydrogen-bond acceptors (Lipinski definition) is 4. The summed E-state index contributed by atoms with van der Waals surface area (Å²) in [5.74, 6) is 1.63. The quantitative estimate of drug-likeness (QED) is 0.935. The van der Waals surface area contributed by atoms with Crippen LogP contribution in [0.5, 0.6) is 11.5 Å². The van der Waals surface area contributed by atoms with Crippen LogP contribution in [-0.2, 0) is 11.2 Å². The molecule has 126 valence electrons. The number of fused-ring (bicyclic) bond motifs is 1. The molecule has 0 saturated carbocycles. The molecule has 0 bridgehead atoms. The zero-order chi connectivity index (χ0) is 17.3. The van der Waals surface area contributed by atoms with Crippen molar-refractivity contribution in [2.45, 2.75) is 39.7 Å². The predicted octanol–water partition coefficient (Wildman–Crippen LogP) is 3.43. The number of pyridine rings is 1. The van der Waals surface area contributed by atoms with Gasteiger partial charge < -0.3 is 14.8 Å². The van der Waals surface area contributed by atoms with Crippen LogP contribution in [0, 0.1) is 13.8 Å². The maximum atomic E-state index is 12.1. The fourth-order valence-corrected chi connectivity index (χ4v) is 2.93. The Morgan fingerprint density at radius 2 is 2.12 bits per heavy atom. The molecule has 0 fully saturated rings. The predicted molar refractivity (Wildman–Crippen MR) is 92.7 cm³/mol. The van der Waals surface area contributed by atoms with Gasteiger partial charge in [0.15, 0.2) is 18.1 Å². The number of benzene rings is 1. The molecule has 0 saturated heterocycles. The Balaban J connectivity index is 1.65. The summed E-state index contributed by atoms with van der Waals surface area (Å²) in [6, 6.07) is 9.55. The van der Waals surface area contributed by atoms with Crippen LogP contribution >= 0.6 is 0 Å². The molecule has 3 rings (SSSR count). The second-order valence-electron chi connectivity index (χ2n) is 6.79. The lowest BCUT2D eigenvalue weighted by Crippen LogP contribution is -2.25. The Kier molecular flexibility index (Phi) is 4.18. The van der Waals surface area contributed by atoms with E-state index in [1.165, 1.54) is 0 Å². The number of anilines is 1. The normalized spacial score (nSPS) is 14.7. The molecule has 5 heteroatoms. The highest BCUT2D eigenvalue weighted by Gasteiger charge is 2.32. The minimum atomic E-state index is -0.248. The fraction of sp³-hybridized carbons (Fsp3) is 0.368. The summed E-state index contributed by atoms with van der Waals surface area (Å²) >= 11 is 0. The van der Waals surface area contributed by atoms with Crippen LogP contribution in [0.15, 0.2) is 30.3 Å². The molecule has 0 atom stereocenters. The summed E-state index contributed by atoms with van der Waals surface area (Å²) in [4.78, 5) is 16.4. The van der Waals surface area contributed by atoms with Crippen LogP contribution in [0.3, 0.4) is 0 Å². The van der Waals surface area contributed by atoms with Gasteiger partial charge in [0.25, 0.3) is 5.91 Å². The van der Waals surface area contributed by atoms with E-state index >= 15 is 0 Å². The van der Waals surface area contributed by atoms with Crippen molar-refractivity contribution >= 4 is 11.7 Å². The largest absolute Gasteiger partial charge is 0.483 e. The van der Waals surface area contributed by atoms with Crippen molar-refractivity contribution in [2.75, 3.05) is 11.9 Å². The fourth-order valence-electron chi connectivity index (χ4n) is 2.93. The van der Waals surface area contributed by atoms with E-state index in [1.54, 1.807) is 0 Å². The molecule has 1 aromatic carbocycles. The standard InChI is InChI=1S/C19H22N2O3/c1-12-8-13(2)20-16(9-12)21-17(22)11-23-15-7-5-6-14-10-19(3,4)24-18(14)15/h5-9H,10-11H2,1-4H3,(H,20,21,22). The first-order chi connectivity index (χ1) is 11.3. The average Bonchev–Trinajstić information content (AvgIpc) is 2.78. The molecule has 1 aliphatic rings. The van der Waals surface area contributed by atoms with Crippen LogP contribution in [0.4, 0.5) is 5.82 Å². The lowest BCUT2D eigenvalue weighted by molar-refractivity contribution is -0.118. The van der Waals surface area contributed by atoms with Gasteiger partial charge in [-0.15, -0.1) is 0 Å². The van der Waals surface area contributed by atoms with Crippen LogP contribution in [0.25, 0.3) is 0 Å². The molecule has 0 unspecified atom stereocenters. The van der Waals surface area contributed by atoms with E-state index in [4.69, 9.17) is 9.47 Å². The van der Waals surface area contributed by atoms with Crippen molar-refractivity contribution in [1.82, 2.24) is 4.98 Å². The van der Waals surface area contributed by atoms with Crippen molar-refractivity contribution in [1.29, 1.82) is 0 Å². The van der Waals surface area contributed by atoms with E-state index in [1.807, 2.05) is 58.0 Å². The third-order valence-corrected chi connectivity index (χ3v) is 3.78. The van der Waals surface area contributed by atoms with Gasteiger partial charge in [-0.2, -0.15) is 0 Å². The molecule has 1 aromatic heterocycles. The van der Waals surface area contributed by atoms with Gasteiger partial charge in [-0.3, -0.25) is 4.79 Å². The average molecular weight is 326 g/mol. The van der Waals surface area contributed by atoms with Gasteiger partial charge in [0.2, 0.25) is 0 Å². The summed E-state index contributed by atoms with van der Waals surface area (Å²) in [7, 11) is 0. The van der Waals surface area contributed by atoms with Crippen molar-refractivity contribution in [3.05, 3.63) is 47.2 Å². The Labute approximate surface area is 142 Å². The van der Waals surface area contributed by atoms with E-state index in [2.05, 4.69) is 10.3 Å². The van der Waals surface area contributed by atoms with Crippen LogP contribution in [0.1, 0.15) is 30.7 Å². The Bertz CT molecular complexity index is 764. The maximum absolute atomic E-state index is 12.1. The van der Waals surface area contributed by atoms with Gasteiger partial charge in [0, 0.05) is 17.7 Å². The third kappa shape index (κ3) is 3.67. The summed E-state index contributed by atoms with van der Waals surface area (Å²) < 4.78 is 11.6. The van der Waals surface area contributed by atoms with Crippen LogP contribution in [0.2, 0.25) is 0 Å². The van der Waals surface area contributed by atoms with Gasteiger partial charge in [-0.25, -0.2) is 4.98 Å². The molecule has 1 N–H and O–H groups in total. The Morgan fingerprint density at radius 3 is 2.88 bits per heavy atom. The second kappa shape index (κ2) is 6.15. The van der Waals surface area contributed by atoms with E-state index in [9.17, 15) is 4.79 Å². The highest BCUT2D eigenvalue weighted by molar-refractivity contribution is 5.91. The molecule has 0 radical (unpaired) electrons. The molecule has 2 aromatic rings. The molecule has 24 heavy (non-hydrogen) atoms. The Morgan fingerprint density at radius 1 is 1.33 bits per heavy atom. The molecule has 2 heterocycles. The molecule has 1 aliphatic heterocycles. The first-order valence-electron chi connectivity index (χ1n) is 8.01. The third-order valence-electron chi connectivity index (χ3n) is 3.78. The van der Waals surface area contributed by atoms with Crippen molar-refractivity contribution in [3.63, 3.8) is 0 Å². The molecule has 0 spiro atoms. The topological polar surface area (TPSA) is 60.5 Å². The number of carbonyl (C=O) groups excluding carboxylic acids is 1. The van der Waals surface area contributed by atoms with Crippen molar-refractivity contribution < 1.29 is 14.3 Å². The Hall–Kier alpha value is -2.56. The lowest BCUT2D eigenvalue weighted by atomic mass is 10.0. The summed E-state index contributed by atoms with van der Waals surface area (Å²) in [5, 5.41) is 2.76. The highest BCUT2D eigenvalue weighted by atomic mass is 16.5. The van der Waals surface area contributed by atoms with E-state index in [-0.39, 0.29) is 18.1 Å². The first kappa shape index (κ1) is 16.3. The number of rotatable bonds is 4. The SMILES string of the molecule is Cc1cc(C)nc(NC(=O)COc2cccc3c2OC(C)(C)C3)c1. The van der Waals surface area contributed by atoms with Crippen LogP contribution < -0.4 is 14.8 Å². The van der Waals surface area contributed by atoms with E-state index in [0.717, 1.165) is 29.0 Å². The zero-order valence-electron chi connectivity index (χ0n) is 14.5. The molecule has 1 amide bonds. The maximum Gasteiger partial charge on any atom is 0.263 e. The van der Waals surface area contributed by atoms with E-state index < -0.39 is 0 Å². The monoisotopic (exact) mass is 326 g/mol. The first-order valence-corrected chi connectivity index (χ1v) is 8.01. The number of aromatic nitrogens is 1. The number of para-hydroxylation sites is 1. The van der Waals surface area contributed by atoms with Gasteiger partial charge in [-0.05, 0) is 51.5 Å². The number of amides is 1. The van der Waals surface area contributed by atoms with Gasteiger partial charge in [-0.1, -0.05) is 12.1 Å². The van der Waals surface area contributed by atoms with Gasteiger partial charge in [0.1, 0.15) is 11.4 Å². The lowest BCUT2D eigenvalue weighted by Gasteiger charge is -2.18. The van der Waals surface area contributed by atoms with Crippen LogP contribution in [-0.4, -0.2) is 23.1 Å². The van der Waals surface area contributed by atoms with Crippen molar-refractivity contribution in [3.8, 4) is 11.5 Å². The molecular formula is C19H22N2O3. The van der Waals surface area contributed by atoms with E-state index in [0.29, 0.717) is 11.6 Å². The number of carbonyl (C=O) groups is 1. The minimum Gasteiger partial charge on any atom is -0.483 e. The minimum absolute atomic E-state index is 0.0884. The zero-order valence-corrected chi connectivity index (χ0v) is 14.5. The number of hydrogen-bond donors (Lipinski definition) is 1. The van der Waals surface area contributed by atoms with Gasteiger partial charge in [0.05, 0.1) is 0 Å². The highest BCUT2D eigenvalue weighted by Crippen LogP contribution is 2.41. The van der Waals surface area contributed by atoms with Crippen molar-refractivity contribution in [2.24, 2.45) is 0 Å². The summed E-state index contributed by atoms with van der Waals surface area (Å²) in [6.07, 6.45) is 0.832. The number of nitrogens with one attached hydrogen (secondary N) is 1. The molecule has 0 aliphatic carbocycles. The number of nitrogens with zero attached hydrogens (tertiary/aromatic N) is 1. The number of aryl methyl sites for hydroxylation is 2. The number of ether oxygens (including phenoxy) is 2. The molecular weight excluding hydrogens is 304 g/mol. The molecule has 5 nitrogen and oxygen atoms in total. The summed E-state index contributed by atoms with van der Waals surface area (Å²) in [5.41, 5.74) is 2.78. The smallest absolute Gasteiger partial charge is 0.263 e. The van der Waals surface area contributed by atoms with Gasteiger partial charge >= 0.3 is 0 Å².